The van der Waals surface area contributed by atoms with Crippen LogP contribution < -0.4 is 5.32 Å². The Labute approximate surface area is 163 Å². The van der Waals surface area contributed by atoms with Gasteiger partial charge >= 0.3 is 0 Å². The van der Waals surface area contributed by atoms with Crippen molar-refractivity contribution in [3.05, 3.63) is 35.2 Å². The third kappa shape index (κ3) is 3.91. The average molecular weight is 388 g/mol. The molecule has 144 valence electrons. The van der Waals surface area contributed by atoms with E-state index in [-0.39, 0.29) is 17.6 Å². The predicted molar refractivity (Wildman–Crippen MR) is 106 cm³/mol. The minimum Gasteiger partial charge on any atom is -0.377 e. The van der Waals surface area contributed by atoms with Gasteiger partial charge < -0.3 is 14.8 Å². The number of hydrogen-bond acceptors (Lipinski definition) is 6. The van der Waals surface area contributed by atoms with Crippen molar-refractivity contribution < 1.29 is 14.3 Å². The van der Waals surface area contributed by atoms with Gasteiger partial charge in [0, 0.05) is 37.7 Å². The summed E-state index contributed by atoms with van der Waals surface area (Å²) in [7, 11) is 1.72. The Balaban J connectivity index is 1.35. The maximum atomic E-state index is 12.5. The molecule has 0 radical (unpaired) electrons. The second-order valence-electron chi connectivity index (χ2n) is 7.36. The van der Waals surface area contributed by atoms with Crippen LogP contribution in [0.3, 0.4) is 0 Å². The molecule has 2 saturated heterocycles. The van der Waals surface area contributed by atoms with Crippen molar-refractivity contribution in [3.8, 4) is 11.3 Å². The van der Waals surface area contributed by atoms with Gasteiger partial charge in [-0.05, 0) is 19.8 Å². The van der Waals surface area contributed by atoms with E-state index in [0.717, 1.165) is 43.8 Å². The van der Waals surface area contributed by atoms with Gasteiger partial charge in [-0.25, -0.2) is 4.98 Å². The quantitative estimate of drug-likeness (QED) is 0.855. The first kappa shape index (κ1) is 18.6. The number of benzene rings is 1. The minimum atomic E-state index is -0.241. The van der Waals surface area contributed by atoms with Crippen LogP contribution in [0.5, 0.6) is 0 Å². The molecule has 0 bridgehead atoms. The molecule has 0 aliphatic carbocycles. The van der Waals surface area contributed by atoms with Crippen LogP contribution in [-0.4, -0.2) is 60.8 Å². The van der Waals surface area contributed by atoms with E-state index >= 15 is 0 Å². The van der Waals surface area contributed by atoms with Crippen LogP contribution >= 0.6 is 11.3 Å². The van der Waals surface area contributed by atoms with Crippen molar-refractivity contribution in [3.63, 3.8) is 0 Å². The first-order valence-electron chi connectivity index (χ1n) is 9.29. The molecule has 7 heteroatoms. The molecule has 2 fully saturated rings. The summed E-state index contributed by atoms with van der Waals surface area (Å²) in [6.07, 6.45) is 2.08. The van der Waals surface area contributed by atoms with Gasteiger partial charge in [0.15, 0.2) is 5.13 Å². The Kier molecular flexibility index (Phi) is 5.27. The summed E-state index contributed by atoms with van der Waals surface area (Å²) in [5.74, 6) is -0.0512. The number of aryl methyl sites for hydroxylation is 1. The van der Waals surface area contributed by atoms with Gasteiger partial charge in [-0.15, -0.1) is 11.3 Å². The Bertz CT molecular complexity index is 799. The monoisotopic (exact) mass is 387 g/mol. The normalized spacial score (nSPS) is 25.3. The first-order valence-corrected chi connectivity index (χ1v) is 10.2. The van der Waals surface area contributed by atoms with Gasteiger partial charge in [0.1, 0.15) is 5.60 Å². The lowest BCUT2D eigenvalue weighted by Gasteiger charge is -2.28. The van der Waals surface area contributed by atoms with E-state index in [9.17, 15) is 4.79 Å². The highest BCUT2D eigenvalue weighted by Gasteiger charge is 2.50. The number of hydrogen-bond donors (Lipinski definition) is 1. The SMILES string of the molecule is CO[C@@H]1CN(CC(=O)Nc2nc(-c3ccc(C)cc3)cs2)C[C@]12CCCO2. The van der Waals surface area contributed by atoms with Gasteiger partial charge in [-0.2, -0.15) is 0 Å². The lowest BCUT2D eigenvalue weighted by Crippen LogP contribution is -2.42. The smallest absolute Gasteiger partial charge is 0.240 e. The molecule has 3 heterocycles. The lowest BCUT2D eigenvalue weighted by molar-refractivity contribution is -0.117. The summed E-state index contributed by atoms with van der Waals surface area (Å²) in [6, 6.07) is 8.22. The second kappa shape index (κ2) is 7.67. The molecular formula is C20H25N3O3S. The molecule has 2 aliphatic heterocycles. The van der Waals surface area contributed by atoms with Crippen molar-refractivity contribution in [1.82, 2.24) is 9.88 Å². The number of thiazole rings is 1. The fourth-order valence-corrected chi connectivity index (χ4v) is 4.74. The second-order valence-corrected chi connectivity index (χ2v) is 8.22. The summed E-state index contributed by atoms with van der Waals surface area (Å²) in [4.78, 5) is 19.1. The van der Waals surface area contributed by atoms with Crippen LogP contribution in [-0.2, 0) is 14.3 Å². The zero-order valence-electron chi connectivity index (χ0n) is 15.7. The molecular weight excluding hydrogens is 362 g/mol. The fourth-order valence-electron chi connectivity index (χ4n) is 4.00. The van der Waals surface area contributed by atoms with Crippen LogP contribution in [0.4, 0.5) is 5.13 Å². The van der Waals surface area contributed by atoms with E-state index in [4.69, 9.17) is 9.47 Å². The molecule has 1 N–H and O–H groups in total. The number of methoxy groups -OCH3 is 1. The highest BCUT2D eigenvalue weighted by atomic mass is 32.1. The van der Waals surface area contributed by atoms with Crippen molar-refractivity contribution in [2.45, 2.75) is 31.5 Å². The number of likely N-dealkylation sites (tertiary alicyclic amines) is 1. The van der Waals surface area contributed by atoms with E-state index in [1.807, 2.05) is 17.5 Å². The topological polar surface area (TPSA) is 63.7 Å². The molecule has 0 saturated carbocycles. The number of rotatable bonds is 5. The van der Waals surface area contributed by atoms with E-state index < -0.39 is 0 Å². The van der Waals surface area contributed by atoms with E-state index in [2.05, 4.69) is 34.3 Å². The number of amides is 1. The summed E-state index contributed by atoms with van der Waals surface area (Å²) < 4.78 is 11.6. The fraction of sp³-hybridized carbons (Fsp3) is 0.500. The third-order valence-electron chi connectivity index (χ3n) is 5.39. The summed E-state index contributed by atoms with van der Waals surface area (Å²) >= 11 is 1.45. The van der Waals surface area contributed by atoms with E-state index in [0.29, 0.717) is 11.7 Å². The molecule has 1 amide bonds. The van der Waals surface area contributed by atoms with Gasteiger partial charge in [0.2, 0.25) is 5.91 Å². The van der Waals surface area contributed by atoms with Gasteiger partial charge in [0.05, 0.1) is 18.3 Å². The third-order valence-corrected chi connectivity index (χ3v) is 6.14. The molecule has 1 aromatic heterocycles. The minimum absolute atomic E-state index is 0.0285. The zero-order chi connectivity index (χ0) is 18.9. The number of nitrogens with zero attached hydrogens (tertiary/aromatic N) is 2. The van der Waals surface area contributed by atoms with E-state index in [1.54, 1.807) is 7.11 Å². The van der Waals surface area contributed by atoms with Crippen molar-refractivity contribution in [2.75, 3.05) is 38.7 Å². The Morgan fingerprint density at radius 1 is 1.44 bits per heavy atom. The number of aromatic nitrogens is 1. The predicted octanol–water partition coefficient (Wildman–Crippen LogP) is 2.94. The summed E-state index contributed by atoms with van der Waals surface area (Å²) in [5, 5.41) is 5.53. The van der Waals surface area contributed by atoms with Gasteiger partial charge in [0.25, 0.3) is 0 Å². The molecule has 2 aliphatic rings. The summed E-state index contributed by atoms with van der Waals surface area (Å²) in [5.41, 5.74) is 2.91. The maximum Gasteiger partial charge on any atom is 0.240 e. The standard InChI is InChI=1S/C20H25N3O3S/c1-14-4-6-15(7-5-14)16-12-27-19(21-16)22-18(24)11-23-10-17(25-2)20(13-23)8-3-9-26-20/h4-7,12,17H,3,8-11,13H2,1-2H3,(H,21,22,24)/t17-,20-/m1/s1. The number of carbonyl (C=O) groups is 1. The molecule has 6 nitrogen and oxygen atoms in total. The van der Waals surface area contributed by atoms with Crippen molar-refractivity contribution in [2.24, 2.45) is 0 Å². The van der Waals surface area contributed by atoms with Crippen LogP contribution in [0.15, 0.2) is 29.6 Å². The highest BCUT2D eigenvalue weighted by molar-refractivity contribution is 7.14. The number of anilines is 1. The van der Waals surface area contributed by atoms with Crippen molar-refractivity contribution in [1.29, 1.82) is 0 Å². The summed E-state index contributed by atoms with van der Waals surface area (Å²) in [6.45, 7) is 4.62. The number of nitrogens with one attached hydrogen (secondary N) is 1. The number of ether oxygens (including phenoxy) is 2. The largest absolute Gasteiger partial charge is 0.377 e. The maximum absolute atomic E-state index is 12.5. The van der Waals surface area contributed by atoms with Crippen LogP contribution in [0, 0.1) is 6.92 Å². The van der Waals surface area contributed by atoms with Crippen LogP contribution in [0.25, 0.3) is 11.3 Å². The molecule has 27 heavy (non-hydrogen) atoms. The van der Waals surface area contributed by atoms with Gasteiger partial charge in [-0.1, -0.05) is 29.8 Å². The first-order chi connectivity index (χ1) is 13.1. The van der Waals surface area contributed by atoms with E-state index in [1.165, 1.54) is 16.9 Å². The molecule has 1 spiro atoms. The molecule has 2 atom stereocenters. The molecule has 1 aromatic carbocycles. The van der Waals surface area contributed by atoms with Crippen LogP contribution in [0.1, 0.15) is 18.4 Å². The van der Waals surface area contributed by atoms with Crippen LogP contribution in [0.2, 0.25) is 0 Å². The number of carbonyl (C=O) groups excluding carboxylic acids is 1. The highest BCUT2D eigenvalue weighted by Crippen LogP contribution is 2.36. The molecule has 4 rings (SSSR count). The lowest BCUT2D eigenvalue weighted by atomic mass is 9.97. The zero-order valence-corrected chi connectivity index (χ0v) is 16.6. The Morgan fingerprint density at radius 3 is 2.96 bits per heavy atom. The average Bonchev–Trinajstić information content (AvgIpc) is 3.37. The molecule has 2 aromatic rings. The van der Waals surface area contributed by atoms with Crippen molar-refractivity contribution >= 4 is 22.4 Å². The molecule has 0 unspecified atom stereocenters. The Hall–Kier alpha value is -1.80. The van der Waals surface area contributed by atoms with Gasteiger partial charge in [-0.3, -0.25) is 9.69 Å². The Morgan fingerprint density at radius 2 is 2.26 bits per heavy atom.